The van der Waals surface area contributed by atoms with Crippen molar-refractivity contribution in [3.05, 3.63) is 69.0 Å². The number of aromatic nitrogens is 3. The average Bonchev–Trinajstić information content (AvgIpc) is 2.51. The molecule has 3 rings (SSSR count). The van der Waals surface area contributed by atoms with Crippen LogP contribution in [-0.2, 0) is 6.54 Å². The van der Waals surface area contributed by atoms with Gasteiger partial charge < -0.3 is 10.3 Å². The van der Waals surface area contributed by atoms with Gasteiger partial charge in [-0.2, -0.15) is 0 Å². The lowest BCUT2D eigenvalue weighted by atomic mass is 10.1. The van der Waals surface area contributed by atoms with Gasteiger partial charge in [0.1, 0.15) is 5.82 Å². The van der Waals surface area contributed by atoms with Crippen molar-refractivity contribution in [3.8, 4) is 0 Å². The van der Waals surface area contributed by atoms with E-state index in [-0.39, 0.29) is 18.0 Å². The second kappa shape index (κ2) is 6.23. The predicted octanol–water partition coefficient (Wildman–Crippen LogP) is 2.17. The maximum atomic E-state index is 12.5. The van der Waals surface area contributed by atoms with E-state index in [0.717, 1.165) is 16.5 Å². The molecule has 0 aliphatic carbocycles. The molecular formula is C18H18N4O2. The van der Waals surface area contributed by atoms with E-state index < -0.39 is 0 Å². The third-order valence-electron chi connectivity index (χ3n) is 3.74. The van der Waals surface area contributed by atoms with Crippen LogP contribution in [0.1, 0.15) is 33.1 Å². The Kier molecular flexibility index (Phi) is 4.12. The van der Waals surface area contributed by atoms with Crippen LogP contribution in [-0.4, -0.2) is 20.9 Å². The number of aromatic amines is 1. The minimum atomic E-state index is -0.243. The summed E-state index contributed by atoms with van der Waals surface area (Å²) in [7, 11) is 0. The van der Waals surface area contributed by atoms with E-state index in [2.05, 4.69) is 20.3 Å². The molecule has 24 heavy (non-hydrogen) atoms. The van der Waals surface area contributed by atoms with Crippen LogP contribution in [0.4, 0.5) is 0 Å². The minimum absolute atomic E-state index is 0.154. The molecule has 2 aromatic heterocycles. The molecule has 0 unspecified atom stereocenters. The van der Waals surface area contributed by atoms with Crippen molar-refractivity contribution in [3.63, 3.8) is 0 Å². The van der Waals surface area contributed by atoms with Crippen molar-refractivity contribution in [1.29, 1.82) is 0 Å². The molecule has 6 nitrogen and oxygen atoms in total. The summed E-state index contributed by atoms with van der Waals surface area (Å²) in [5, 5.41) is 3.70. The number of H-pyrrole nitrogens is 1. The molecule has 1 amide bonds. The Morgan fingerprint density at radius 1 is 1.12 bits per heavy atom. The molecule has 1 aromatic carbocycles. The fourth-order valence-corrected chi connectivity index (χ4v) is 2.61. The standard InChI is InChI=1S/C18H18N4O2/c1-10-4-5-15-13(6-10)8-14(12(3)21-15)18(24)19-9-16-20-11(2)7-17(23)22-16/h4-8H,9H2,1-3H3,(H,19,24)(H,20,22,23). The molecule has 0 atom stereocenters. The summed E-state index contributed by atoms with van der Waals surface area (Å²) >= 11 is 0. The van der Waals surface area contributed by atoms with Crippen molar-refractivity contribution < 1.29 is 4.79 Å². The molecular weight excluding hydrogens is 304 g/mol. The maximum absolute atomic E-state index is 12.5. The van der Waals surface area contributed by atoms with Crippen molar-refractivity contribution in [2.24, 2.45) is 0 Å². The van der Waals surface area contributed by atoms with E-state index in [0.29, 0.717) is 22.8 Å². The minimum Gasteiger partial charge on any atom is -0.345 e. The topological polar surface area (TPSA) is 87.7 Å². The number of pyridine rings is 1. The highest BCUT2D eigenvalue weighted by molar-refractivity contribution is 5.98. The number of benzene rings is 1. The third-order valence-corrected chi connectivity index (χ3v) is 3.74. The fraction of sp³-hybridized carbons (Fsp3) is 0.222. The first kappa shape index (κ1) is 15.9. The SMILES string of the molecule is Cc1ccc2nc(C)c(C(=O)NCc3nc(C)cc(=O)[nH]3)cc2c1. The first-order valence-electron chi connectivity index (χ1n) is 7.65. The molecule has 0 saturated carbocycles. The Hall–Kier alpha value is -3.02. The second-order valence-electron chi connectivity index (χ2n) is 5.83. The number of carbonyl (C=O) groups excluding carboxylic acids is 1. The summed E-state index contributed by atoms with van der Waals surface area (Å²) in [6.07, 6.45) is 0. The van der Waals surface area contributed by atoms with Gasteiger partial charge in [-0.25, -0.2) is 4.98 Å². The van der Waals surface area contributed by atoms with Crippen LogP contribution in [0.5, 0.6) is 0 Å². The number of amides is 1. The second-order valence-corrected chi connectivity index (χ2v) is 5.83. The summed E-state index contributed by atoms with van der Waals surface area (Å²) in [6, 6.07) is 9.19. The van der Waals surface area contributed by atoms with Crippen LogP contribution in [0, 0.1) is 20.8 Å². The number of aryl methyl sites for hydroxylation is 3. The zero-order valence-electron chi connectivity index (χ0n) is 13.8. The number of carbonyl (C=O) groups is 1. The first-order chi connectivity index (χ1) is 11.4. The number of rotatable bonds is 3. The predicted molar refractivity (Wildman–Crippen MR) is 92.0 cm³/mol. The molecule has 0 bridgehead atoms. The zero-order valence-corrected chi connectivity index (χ0v) is 13.8. The Balaban J connectivity index is 1.85. The van der Waals surface area contributed by atoms with Gasteiger partial charge in [0, 0.05) is 17.1 Å². The largest absolute Gasteiger partial charge is 0.345 e. The summed E-state index contributed by atoms with van der Waals surface area (Å²) in [4.78, 5) is 35.2. The van der Waals surface area contributed by atoms with Gasteiger partial charge in [-0.05, 0) is 39.0 Å². The smallest absolute Gasteiger partial charge is 0.253 e. The summed E-state index contributed by atoms with van der Waals surface area (Å²) in [6.45, 7) is 5.70. The van der Waals surface area contributed by atoms with Gasteiger partial charge in [0.05, 0.1) is 23.3 Å². The quantitative estimate of drug-likeness (QED) is 0.773. The lowest BCUT2D eigenvalue weighted by Gasteiger charge is -2.09. The Morgan fingerprint density at radius 2 is 1.92 bits per heavy atom. The highest BCUT2D eigenvalue weighted by atomic mass is 16.1. The van der Waals surface area contributed by atoms with Crippen LogP contribution >= 0.6 is 0 Å². The van der Waals surface area contributed by atoms with Crippen molar-refractivity contribution >= 4 is 16.8 Å². The zero-order chi connectivity index (χ0) is 17.3. The normalized spacial score (nSPS) is 10.8. The van der Waals surface area contributed by atoms with Gasteiger partial charge in [0.25, 0.3) is 11.5 Å². The number of nitrogens with zero attached hydrogens (tertiary/aromatic N) is 2. The van der Waals surface area contributed by atoms with E-state index in [9.17, 15) is 9.59 Å². The molecule has 0 aliphatic heterocycles. The molecule has 0 aliphatic rings. The summed E-state index contributed by atoms with van der Waals surface area (Å²) in [5.74, 6) is 0.183. The number of hydrogen-bond acceptors (Lipinski definition) is 4. The highest BCUT2D eigenvalue weighted by Gasteiger charge is 2.12. The fourth-order valence-electron chi connectivity index (χ4n) is 2.61. The molecule has 122 valence electrons. The van der Waals surface area contributed by atoms with Gasteiger partial charge in [-0.15, -0.1) is 0 Å². The van der Waals surface area contributed by atoms with Gasteiger partial charge in [-0.1, -0.05) is 11.6 Å². The Morgan fingerprint density at radius 3 is 2.67 bits per heavy atom. The van der Waals surface area contributed by atoms with Crippen LogP contribution in [0.25, 0.3) is 10.9 Å². The molecule has 0 spiro atoms. The summed E-state index contributed by atoms with van der Waals surface area (Å²) in [5.41, 5.74) is 3.53. The first-order valence-corrected chi connectivity index (χ1v) is 7.65. The van der Waals surface area contributed by atoms with E-state index in [4.69, 9.17) is 0 Å². The van der Waals surface area contributed by atoms with Crippen LogP contribution < -0.4 is 10.9 Å². The van der Waals surface area contributed by atoms with Crippen LogP contribution in [0.3, 0.4) is 0 Å². The van der Waals surface area contributed by atoms with Gasteiger partial charge >= 0.3 is 0 Å². The molecule has 3 aromatic rings. The van der Waals surface area contributed by atoms with Gasteiger partial charge in [0.2, 0.25) is 0 Å². The molecule has 0 fully saturated rings. The number of nitrogens with one attached hydrogen (secondary N) is 2. The van der Waals surface area contributed by atoms with E-state index in [1.54, 1.807) is 13.8 Å². The Labute approximate surface area is 139 Å². The maximum Gasteiger partial charge on any atom is 0.253 e. The monoisotopic (exact) mass is 322 g/mol. The van der Waals surface area contributed by atoms with Crippen molar-refractivity contribution in [2.45, 2.75) is 27.3 Å². The molecule has 2 N–H and O–H groups in total. The third kappa shape index (κ3) is 3.32. The number of fused-ring (bicyclic) bond motifs is 1. The lowest BCUT2D eigenvalue weighted by molar-refractivity contribution is 0.0949. The highest BCUT2D eigenvalue weighted by Crippen LogP contribution is 2.18. The van der Waals surface area contributed by atoms with E-state index in [1.807, 2.05) is 31.2 Å². The number of hydrogen-bond donors (Lipinski definition) is 2. The van der Waals surface area contributed by atoms with Crippen LogP contribution in [0.15, 0.2) is 35.1 Å². The summed E-state index contributed by atoms with van der Waals surface area (Å²) < 4.78 is 0. The molecule has 0 saturated heterocycles. The van der Waals surface area contributed by atoms with E-state index in [1.165, 1.54) is 6.07 Å². The lowest BCUT2D eigenvalue weighted by Crippen LogP contribution is -2.26. The van der Waals surface area contributed by atoms with E-state index >= 15 is 0 Å². The Bertz CT molecular complexity index is 992. The molecule has 2 heterocycles. The van der Waals surface area contributed by atoms with Gasteiger partial charge in [-0.3, -0.25) is 14.6 Å². The van der Waals surface area contributed by atoms with Crippen molar-refractivity contribution in [1.82, 2.24) is 20.3 Å². The van der Waals surface area contributed by atoms with Gasteiger partial charge in [0.15, 0.2) is 0 Å². The van der Waals surface area contributed by atoms with Crippen molar-refractivity contribution in [2.75, 3.05) is 0 Å². The molecule has 6 heteroatoms. The average molecular weight is 322 g/mol. The molecule has 0 radical (unpaired) electrons. The van der Waals surface area contributed by atoms with Crippen LogP contribution in [0.2, 0.25) is 0 Å².